The minimum Gasteiger partial charge on any atom is -0.490 e. The van der Waals surface area contributed by atoms with E-state index >= 15 is 0 Å². The van der Waals surface area contributed by atoms with Crippen LogP contribution in [-0.4, -0.2) is 11.2 Å². The van der Waals surface area contributed by atoms with Gasteiger partial charge in [-0.05, 0) is 19.1 Å². The van der Waals surface area contributed by atoms with Crippen molar-refractivity contribution in [3.63, 3.8) is 0 Å². The van der Waals surface area contributed by atoms with Crippen LogP contribution >= 0.6 is 11.6 Å². The van der Waals surface area contributed by atoms with Gasteiger partial charge in [0.1, 0.15) is 12.4 Å². The maximum atomic E-state index is 12.0. The van der Waals surface area contributed by atoms with Gasteiger partial charge in [-0.3, -0.25) is 4.79 Å². The smallest absolute Gasteiger partial charge is 0.212 e. The van der Waals surface area contributed by atoms with Crippen LogP contribution < -0.4 is 10.3 Å². The third kappa shape index (κ3) is 4.29. The van der Waals surface area contributed by atoms with Gasteiger partial charge in [-0.15, -0.1) is 12.1 Å². The summed E-state index contributed by atoms with van der Waals surface area (Å²) in [5, 5.41) is 0.182. The molecule has 0 atom stereocenters. The van der Waals surface area contributed by atoms with E-state index in [0.29, 0.717) is 13.2 Å². The largest absolute Gasteiger partial charge is 0.490 e. The normalized spacial score (nSPS) is 9.81. The molecule has 1 radical (unpaired) electrons. The van der Waals surface area contributed by atoms with Gasteiger partial charge in [0.2, 0.25) is 5.56 Å². The van der Waals surface area contributed by atoms with Crippen molar-refractivity contribution >= 4 is 11.6 Å². The van der Waals surface area contributed by atoms with Crippen molar-refractivity contribution in [3.05, 3.63) is 64.4 Å². The predicted octanol–water partition coefficient (Wildman–Crippen LogP) is 3.55. The Hall–Kier alpha value is -0.896. The summed E-state index contributed by atoms with van der Waals surface area (Å²) >= 11 is 5.84. The first-order chi connectivity index (χ1) is 9.67. The van der Waals surface area contributed by atoms with Gasteiger partial charge in [0.15, 0.2) is 0 Å². The van der Waals surface area contributed by atoms with Crippen LogP contribution in [0.15, 0.2) is 47.8 Å². The number of pyridine rings is 1. The summed E-state index contributed by atoms with van der Waals surface area (Å²) in [6, 6.07) is 12.0. The van der Waals surface area contributed by atoms with E-state index in [1.807, 2.05) is 31.2 Å². The van der Waals surface area contributed by atoms with Gasteiger partial charge in [-0.1, -0.05) is 23.9 Å². The summed E-state index contributed by atoms with van der Waals surface area (Å²) < 4.78 is 7.03. The molecule has 1 aromatic heterocycles. The number of rotatable bonds is 5. The molecule has 0 aliphatic heterocycles. The van der Waals surface area contributed by atoms with Gasteiger partial charge in [0, 0.05) is 44.3 Å². The minimum atomic E-state index is -0.199. The average Bonchev–Trinajstić information content (AvgIpc) is 2.48. The Kier molecular flexibility index (Phi) is 7.37. The predicted molar refractivity (Wildman–Crippen MR) is 81.4 cm³/mol. The molecule has 0 unspecified atom stereocenters. The van der Waals surface area contributed by atoms with E-state index < -0.39 is 0 Å². The zero-order valence-corrected chi connectivity index (χ0v) is 15.4. The Balaban J connectivity index is 0.00000220. The quantitative estimate of drug-likeness (QED) is 0.589. The molecule has 2 aromatic rings. The Bertz CT molecular complexity index is 665. The number of aromatic nitrogens is 1. The second-order valence-electron chi connectivity index (χ2n) is 4.16. The van der Waals surface area contributed by atoms with E-state index in [2.05, 4.69) is 12.6 Å². The number of hydrogen-bond donors (Lipinski definition) is 0. The second-order valence-corrected chi connectivity index (χ2v) is 4.57. The Labute approximate surface area is 154 Å². The molecule has 0 aliphatic carbocycles. The molecule has 0 fully saturated rings. The van der Waals surface area contributed by atoms with Crippen LogP contribution in [0.4, 0.5) is 0 Å². The Morgan fingerprint density at radius 2 is 2.05 bits per heavy atom. The number of hydrogen-bond acceptors (Lipinski definition) is 2. The van der Waals surface area contributed by atoms with Crippen LogP contribution in [0, 0.1) is 6.07 Å². The van der Waals surface area contributed by atoms with Crippen molar-refractivity contribution in [2.45, 2.75) is 13.5 Å². The summed E-state index contributed by atoms with van der Waals surface area (Å²) in [7, 11) is 0. The van der Waals surface area contributed by atoms with Gasteiger partial charge in [0.25, 0.3) is 0 Å². The molecule has 21 heavy (non-hydrogen) atoms. The first-order valence-corrected chi connectivity index (χ1v) is 6.70. The van der Waals surface area contributed by atoms with E-state index in [1.54, 1.807) is 10.6 Å². The molecule has 0 spiro atoms. The molecule has 2 rings (SSSR count). The first-order valence-electron chi connectivity index (χ1n) is 6.32. The van der Waals surface area contributed by atoms with E-state index in [0.717, 1.165) is 17.0 Å². The molecule has 5 heteroatoms. The second kappa shape index (κ2) is 8.52. The molecule has 0 amide bonds. The first kappa shape index (κ1) is 18.2. The number of benzene rings is 1. The Morgan fingerprint density at radius 1 is 1.38 bits per heavy atom. The SMILES string of the molecule is C=CCOc1ccc(-c2[c-]cc(Cl)c(=O)n2CC)cc1.[Y]. The minimum absolute atomic E-state index is 0. The molecule has 1 heterocycles. The van der Waals surface area contributed by atoms with Crippen LogP contribution in [0.2, 0.25) is 5.02 Å². The molecule has 0 N–H and O–H groups in total. The maximum absolute atomic E-state index is 12.0. The number of nitrogens with zero attached hydrogens (tertiary/aromatic N) is 1. The summed E-state index contributed by atoms with van der Waals surface area (Å²) in [4.78, 5) is 12.0. The number of halogens is 1. The maximum Gasteiger partial charge on any atom is 0.212 e. The van der Waals surface area contributed by atoms with Crippen LogP contribution in [-0.2, 0) is 39.3 Å². The molecule has 107 valence electrons. The molecular formula is C16H15ClNO2Y-. The van der Waals surface area contributed by atoms with E-state index in [1.165, 1.54) is 6.07 Å². The van der Waals surface area contributed by atoms with Crippen LogP contribution in [0.3, 0.4) is 0 Å². The summed E-state index contributed by atoms with van der Waals surface area (Å²) in [5.41, 5.74) is 1.42. The molecule has 1 aromatic carbocycles. The Morgan fingerprint density at radius 3 is 2.62 bits per heavy atom. The zero-order chi connectivity index (χ0) is 14.5. The van der Waals surface area contributed by atoms with Crippen molar-refractivity contribution in [2.75, 3.05) is 6.61 Å². The standard InChI is InChI=1S/C16H15ClNO2.Y/c1-3-11-20-13-7-5-12(6-8-13)15-10-9-14(17)16(19)18(15)4-2;/h3,5-9H,1,4,11H2,2H3;/q-1;. The fraction of sp³-hybridized carbons (Fsp3) is 0.188. The van der Waals surface area contributed by atoms with E-state index in [9.17, 15) is 4.79 Å². The van der Waals surface area contributed by atoms with Crippen molar-refractivity contribution in [3.8, 4) is 17.0 Å². The molecule has 0 saturated heterocycles. The molecule has 0 aliphatic rings. The molecule has 0 saturated carbocycles. The van der Waals surface area contributed by atoms with Crippen molar-refractivity contribution < 1.29 is 37.4 Å². The zero-order valence-electron chi connectivity index (χ0n) is 11.8. The van der Waals surface area contributed by atoms with Crippen molar-refractivity contribution in [1.29, 1.82) is 0 Å². The summed E-state index contributed by atoms with van der Waals surface area (Å²) in [6.07, 6.45) is 1.69. The summed E-state index contributed by atoms with van der Waals surface area (Å²) in [6.45, 7) is 6.51. The summed E-state index contributed by atoms with van der Waals surface area (Å²) in [5.74, 6) is 0.757. The average molecular weight is 378 g/mol. The van der Waals surface area contributed by atoms with Gasteiger partial charge < -0.3 is 9.30 Å². The molecular weight excluding hydrogens is 363 g/mol. The molecule has 3 nitrogen and oxygen atoms in total. The van der Waals surface area contributed by atoms with Crippen LogP contribution in [0.25, 0.3) is 11.3 Å². The molecule has 0 bridgehead atoms. The van der Waals surface area contributed by atoms with Gasteiger partial charge >= 0.3 is 0 Å². The van der Waals surface area contributed by atoms with E-state index in [-0.39, 0.29) is 43.3 Å². The fourth-order valence-electron chi connectivity index (χ4n) is 1.91. The van der Waals surface area contributed by atoms with Crippen molar-refractivity contribution in [1.82, 2.24) is 4.57 Å². The van der Waals surface area contributed by atoms with Gasteiger partial charge in [-0.25, -0.2) is 0 Å². The topological polar surface area (TPSA) is 31.2 Å². The monoisotopic (exact) mass is 377 g/mol. The number of ether oxygens (including phenoxy) is 1. The third-order valence-corrected chi connectivity index (χ3v) is 3.14. The van der Waals surface area contributed by atoms with Crippen molar-refractivity contribution in [2.24, 2.45) is 0 Å². The fourth-order valence-corrected chi connectivity index (χ4v) is 2.06. The van der Waals surface area contributed by atoms with Gasteiger partial charge in [-0.2, -0.15) is 23.7 Å². The van der Waals surface area contributed by atoms with Crippen LogP contribution in [0.5, 0.6) is 5.75 Å². The van der Waals surface area contributed by atoms with Gasteiger partial charge in [0.05, 0.1) is 0 Å². The third-order valence-electron chi connectivity index (χ3n) is 2.87. The van der Waals surface area contributed by atoms with Crippen LogP contribution in [0.1, 0.15) is 6.92 Å². The van der Waals surface area contributed by atoms with E-state index in [4.69, 9.17) is 16.3 Å².